The lowest BCUT2D eigenvalue weighted by atomic mass is 9.99. The molecule has 2 aromatic heterocycles. The van der Waals surface area contributed by atoms with Crippen molar-refractivity contribution in [1.82, 2.24) is 25.0 Å². The Hall–Kier alpha value is -6.27. The summed E-state index contributed by atoms with van der Waals surface area (Å²) in [4.78, 5) is 70.9. The predicted molar refractivity (Wildman–Crippen MR) is 229 cm³/mol. The molecule has 1 fully saturated rings. The third-order valence-corrected chi connectivity index (χ3v) is 12.1. The van der Waals surface area contributed by atoms with Gasteiger partial charge in [-0.1, -0.05) is 29.8 Å². The summed E-state index contributed by atoms with van der Waals surface area (Å²) in [5.74, 6) is -0.453. The third-order valence-electron chi connectivity index (χ3n) is 10.7. The number of fused-ring (bicyclic) bond motifs is 4. The first-order valence-electron chi connectivity index (χ1n) is 20.0. The quantitative estimate of drug-likeness (QED) is 0.0910. The summed E-state index contributed by atoms with van der Waals surface area (Å²) in [7, 11) is 0. The number of anilines is 1. The van der Waals surface area contributed by atoms with Gasteiger partial charge in [-0.25, -0.2) is 0 Å². The minimum atomic E-state index is -1.06. The molecule has 1 unspecified atom stereocenters. The first-order valence-corrected chi connectivity index (χ1v) is 21.2. The zero-order valence-corrected chi connectivity index (χ0v) is 35.6. The van der Waals surface area contributed by atoms with Crippen molar-refractivity contribution in [3.8, 4) is 16.5 Å². The highest BCUT2D eigenvalue weighted by Gasteiger charge is 2.46. The average molecular weight is 880 g/mol. The molecule has 3 aromatic carbocycles. The Balaban J connectivity index is 0.766. The molecule has 5 heterocycles. The number of benzene rings is 3. The fourth-order valence-corrected chi connectivity index (χ4v) is 8.85. The van der Waals surface area contributed by atoms with Gasteiger partial charge < -0.3 is 24.3 Å². The summed E-state index contributed by atoms with van der Waals surface area (Å²) in [6, 6.07) is 17.6. The van der Waals surface area contributed by atoms with Gasteiger partial charge in [0.25, 0.3) is 11.8 Å². The number of carbonyl (C=O) groups is 5. The summed E-state index contributed by atoms with van der Waals surface area (Å²) in [6.07, 6.45) is 0.147. The minimum Gasteiger partial charge on any atom is -0.491 e. The SMILES string of the molecule is Cc1sc2c(c1C)C(c1ccc(Cl)cc1)=N[C@@H](CC(=O)Nc1ccc(OCCOCCOCCOc3cccc4c3C(=O)N(C3CCC(=O)NC3=O)C4=O)cc1)c1nnc(C)n1-2. The molecule has 0 saturated carbocycles. The van der Waals surface area contributed by atoms with Crippen molar-refractivity contribution in [2.24, 2.45) is 4.99 Å². The van der Waals surface area contributed by atoms with Crippen LogP contribution in [0.1, 0.15) is 79.2 Å². The lowest BCUT2D eigenvalue weighted by Crippen LogP contribution is -2.54. The van der Waals surface area contributed by atoms with E-state index in [1.54, 1.807) is 47.7 Å². The van der Waals surface area contributed by atoms with Gasteiger partial charge in [-0.2, -0.15) is 0 Å². The molecule has 0 bridgehead atoms. The van der Waals surface area contributed by atoms with Crippen LogP contribution in [0.4, 0.5) is 5.69 Å². The van der Waals surface area contributed by atoms with Crippen LogP contribution in [0.25, 0.3) is 5.00 Å². The van der Waals surface area contributed by atoms with Crippen molar-refractivity contribution >= 4 is 63.9 Å². The number of hydrogen-bond acceptors (Lipinski definition) is 13. The molecule has 1 saturated heterocycles. The smallest absolute Gasteiger partial charge is 0.266 e. The fraction of sp³-hybridized carbons (Fsp3) is 0.318. The van der Waals surface area contributed by atoms with Gasteiger partial charge in [0.05, 0.1) is 49.7 Å². The molecule has 2 N–H and O–H groups in total. The molecule has 0 aliphatic carbocycles. The summed E-state index contributed by atoms with van der Waals surface area (Å²) < 4.78 is 24.8. The van der Waals surface area contributed by atoms with Crippen molar-refractivity contribution in [3.63, 3.8) is 0 Å². The van der Waals surface area contributed by atoms with Gasteiger partial charge in [0.15, 0.2) is 5.82 Å². The Kier molecular flexibility index (Phi) is 12.6. The van der Waals surface area contributed by atoms with Crippen molar-refractivity contribution in [2.45, 2.75) is 52.1 Å². The largest absolute Gasteiger partial charge is 0.491 e. The number of hydrogen-bond donors (Lipinski definition) is 2. The highest BCUT2D eigenvalue weighted by atomic mass is 35.5. The predicted octanol–water partition coefficient (Wildman–Crippen LogP) is 5.72. The van der Waals surface area contributed by atoms with Crippen LogP contribution in [0, 0.1) is 20.8 Å². The van der Waals surface area contributed by atoms with Gasteiger partial charge in [0, 0.05) is 33.1 Å². The number of amides is 5. The maximum absolute atomic E-state index is 13.5. The monoisotopic (exact) mass is 879 g/mol. The van der Waals surface area contributed by atoms with Crippen molar-refractivity contribution < 1.29 is 42.9 Å². The number of thiophene rings is 1. The normalized spacial score (nSPS) is 16.9. The molecule has 3 aliphatic rings. The number of halogens is 1. The van der Waals surface area contributed by atoms with Crippen LogP contribution in [-0.2, 0) is 23.9 Å². The summed E-state index contributed by atoms with van der Waals surface area (Å²) in [5.41, 5.74) is 4.61. The number of rotatable bonds is 16. The van der Waals surface area contributed by atoms with Crippen LogP contribution in [0.2, 0.25) is 5.02 Å². The number of aromatic nitrogens is 3. The molecule has 0 spiro atoms. The summed E-state index contributed by atoms with van der Waals surface area (Å²) in [6.45, 7) is 7.55. The number of ether oxygens (including phenoxy) is 4. The van der Waals surface area contributed by atoms with E-state index >= 15 is 0 Å². The van der Waals surface area contributed by atoms with Gasteiger partial charge in [-0.3, -0.25) is 43.7 Å². The molecule has 5 amide bonds. The number of nitrogens with one attached hydrogen (secondary N) is 2. The molecule has 62 heavy (non-hydrogen) atoms. The molecule has 18 heteroatoms. The van der Waals surface area contributed by atoms with Crippen LogP contribution in [0.5, 0.6) is 11.5 Å². The number of aryl methyl sites for hydroxylation is 2. The molecule has 0 radical (unpaired) electrons. The number of nitrogens with zero attached hydrogens (tertiary/aromatic N) is 5. The van der Waals surface area contributed by atoms with Gasteiger partial charge in [-0.05, 0) is 81.3 Å². The molecular weight excluding hydrogens is 838 g/mol. The topological polar surface area (TPSA) is 193 Å². The van der Waals surface area contributed by atoms with Crippen LogP contribution in [-0.4, -0.2) is 101 Å². The second-order valence-corrected chi connectivity index (χ2v) is 16.4. The zero-order valence-electron chi connectivity index (χ0n) is 34.1. The van der Waals surface area contributed by atoms with E-state index in [4.69, 9.17) is 35.5 Å². The van der Waals surface area contributed by atoms with Gasteiger partial charge in [0.1, 0.15) is 47.6 Å². The van der Waals surface area contributed by atoms with Crippen molar-refractivity contribution in [2.75, 3.05) is 45.0 Å². The Morgan fingerprint density at radius 1 is 0.855 bits per heavy atom. The summed E-state index contributed by atoms with van der Waals surface area (Å²) >= 11 is 7.88. The van der Waals surface area contributed by atoms with E-state index in [-0.39, 0.29) is 68.5 Å². The lowest BCUT2D eigenvalue weighted by molar-refractivity contribution is -0.136. The molecule has 3 aliphatic heterocycles. The number of aliphatic imine (C=N–C) groups is 1. The maximum Gasteiger partial charge on any atom is 0.266 e. The fourth-order valence-electron chi connectivity index (χ4n) is 7.51. The van der Waals surface area contributed by atoms with E-state index in [0.29, 0.717) is 41.3 Å². The van der Waals surface area contributed by atoms with Crippen LogP contribution in [0.3, 0.4) is 0 Å². The van der Waals surface area contributed by atoms with Crippen molar-refractivity contribution in [1.29, 1.82) is 0 Å². The molecule has 2 atom stereocenters. The molecule has 5 aromatic rings. The summed E-state index contributed by atoms with van der Waals surface area (Å²) in [5, 5.41) is 15.6. The molecule has 320 valence electrons. The highest BCUT2D eigenvalue weighted by molar-refractivity contribution is 7.15. The third kappa shape index (κ3) is 8.74. The van der Waals surface area contributed by atoms with Crippen LogP contribution in [0.15, 0.2) is 71.7 Å². The van der Waals surface area contributed by atoms with E-state index in [2.05, 4.69) is 34.7 Å². The Bertz CT molecular complexity index is 2590. The van der Waals surface area contributed by atoms with Crippen LogP contribution >= 0.6 is 22.9 Å². The van der Waals surface area contributed by atoms with E-state index < -0.39 is 35.7 Å². The minimum absolute atomic E-state index is 0.0372. The van der Waals surface area contributed by atoms with Gasteiger partial charge >= 0.3 is 0 Å². The first-order chi connectivity index (χ1) is 30.0. The molecule has 16 nitrogen and oxygen atoms in total. The number of carbonyl (C=O) groups excluding carboxylic acids is 5. The van der Waals surface area contributed by atoms with E-state index in [1.807, 2.05) is 35.8 Å². The van der Waals surface area contributed by atoms with Gasteiger partial charge in [0.2, 0.25) is 17.7 Å². The van der Waals surface area contributed by atoms with Crippen LogP contribution < -0.4 is 20.1 Å². The molecule has 8 rings (SSSR count). The standard InChI is InChI=1S/C44H42ClN7O9S/c1-24-25(2)62-44-37(24)39(27-7-9-28(45)10-8-27)47-32(40-50-49-26(3)51(40)44)23-36(54)46-29-11-13-30(14-12-29)60-21-19-58-17-18-59-20-22-61-34-6-4-5-31-38(34)43(57)52(42(31)56)33-15-16-35(53)48-41(33)55/h4-14,32-33H,15-23H2,1-3H3,(H,46,54)(H,48,53,55)/t32-,33?/m0/s1. The second-order valence-electron chi connectivity index (χ2n) is 14.7. The number of piperidine rings is 1. The average Bonchev–Trinajstić information content (AvgIpc) is 3.83. The first kappa shape index (κ1) is 42.4. The van der Waals surface area contributed by atoms with Crippen molar-refractivity contribution in [3.05, 3.63) is 116 Å². The second kappa shape index (κ2) is 18.4. The Morgan fingerprint density at radius 3 is 2.29 bits per heavy atom. The zero-order chi connectivity index (χ0) is 43.5. The maximum atomic E-state index is 13.5. The Labute approximate surface area is 365 Å². The molecular formula is C44H42ClN7O9S. The number of imide groups is 2. The van der Waals surface area contributed by atoms with E-state index in [0.717, 1.165) is 37.2 Å². The van der Waals surface area contributed by atoms with Gasteiger partial charge in [-0.15, -0.1) is 21.5 Å². The lowest BCUT2D eigenvalue weighted by Gasteiger charge is -2.27. The van der Waals surface area contributed by atoms with E-state index in [9.17, 15) is 24.0 Å². The van der Waals surface area contributed by atoms with E-state index in [1.165, 1.54) is 6.07 Å². The Morgan fingerprint density at radius 2 is 1.56 bits per heavy atom. The highest BCUT2D eigenvalue weighted by Crippen LogP contribution is 2.40.